The lowest BCUT2D eigenvalue weighted by Gasteiger charge is -2.41. The summed E-state index contributed by atoms with van der Waals surface area (Å²) in [6.45, 7) is 7.36. The van der Waals surface area contributed by atoms with E-state index in [0.717, 1.165) is 13.0 Å². The Morgan fingerprint density at radius 1 is 1.44 bits per heavy atom. The molecule has 0 fully saturated rings. The molecule has 2 unspecified atom stereocenters. The van der Waals surface area contributed by atoms with Crippen molar-refractivity contribution in [2.24, 2.45) is 11.3 Å². The third-order valence-corrected chi connectivity index (χ3v) is 4.03. The fourth-order valence-electron chi connectivity index (χ4n) is 2.79. The van der Waals surface area contributed by atoms with E-state index in [1.54, 1.807) is 0 Å². The summed E-state index contributed by atoms with van der Waals surface area (Å²) in [5.74, 6) is 0.0647. The van der Waals surface area contributed by atoms with Crippen LogP contribution in [0.3, 0.4) is 0 Å². The van der Waals surface area contributed by atoms with Crippen LogP contribution in [0.4, 0.5) is 0 Å². The van der Waals surface area contributed by atoms with Gasteiger partial charge in [0.15, 0.2) is 0 Å². The third-order valence-electron chi connectivity index (χ3n) is 4.03. The second kappa shape index (κ2) is 5.12. The average Bonchev–Trinajstić information content (AvgIpc) is 2.36. The molecule has 2 rings (SSSR count). The maximum absolute atomic E-state index is 8.90. The summed E-state index contributed by atoms with van der Waals surface area (Å²) in [6, 6.07) is 11.3. The molecule has 18 heavy (non-hydrogen) atoms. The molecule has 1 aliphatic carbocycles. The highest BCUT2D eigenvalue weighted by molar-refractivity contribution is 5.34. The van der Waals surface area contributed by atoms with E-state index < -0.39 is 0 Å². The fourth-order valence-corrected chi connectivity index (χ4v) is 2.79. The van der Waals surface area contributed by atoms with E-state index in [9.17, 15) is 0 Å². The second-order valence-corrected chi connectivity index (χ2v) is 6.06. The van der Waals surface area contributed by atoms with Crippen molar-refractivity contribution in [2.45, 2.75) is 39.7 Å². The highest BCUT2D eigenvalue weighted by atomic mass is 14.9. The Kier molecular flexibility index (Phi) is 3.73. The maximum Gasteiger partial charge on any atom is 0.0666 e. The van der Waals surface area contributed by atoms with Crippen molar-refractivity contribution >= 4 is 0 Å². The number of fused-ring (bicyclic) bond motifs is 1. The molecular weight excluding hydrogens is 220 g/mol. The van der Waals surface area contributed by atoms with Crippen LogP contribution in [0.1, 0.15) is 44.4 Å². The Bertz CT molecular complexity index is 456. The molecule has 0 amide bonds. The Balaban J connectivity index is 2.22. The molecule has 0 saturated carbocycles. The Labute approximate surface area is 110 Å². The van der Waals surface area contributed by atoms with Crippen LogP contribution in [0.2, 0.25) is 0 Å². The average molecular weight is 242 g/mol. The van der Waals surface area contributed by atoms with Gasteiger partial charge in [-0.2, -0.15) is 5.26 Å². The van der Waals surface area contributed by atoms with Crippen LogP contribution >= 0.6 is 0 Å². The number of nitrogens with one attached hydrogen (secondary N) is 1. The van der Waals surface area contributed by atoms with Crippen LogP contribution in [0.25, 0.3) is 0 Å². The van der Waals surface area contributed by atoms with Gasteiger partial charge in [0, 0.05) is 12.6 Å². The van der Waals surface area contributed by atoms with E-state index >= 15 is 0 Å². The van der Waals surface area contributed by atoms with Crippen LogP contribution in [-0.4, -0.2) is 6.54 Å². The van der Waals surface area contributed by atoms with E-state index in [-0.39, 0.29) is 11.3 Å². The Morgan fingerprint density at radius 3 is 2.89 bits per heavy atom. The zero-order valence-corrected chi connectivity index (χ0v) is 11.5. The molecule has 2 heteroatoms. The minimum atomic E-state index is 0.0647. The van der Waals surface area contributed by atoms with Crippen molar-refractivity contribution in [3.8, 4) is 6.07 Å². The summed E-state index contributed by atoms with van der Waals surface area (Å²) < 4.78 is 0. The summed E-state index contributed by atoms with van der Waals surface area (Å²) in [5, 5.41) is 12.5. The first-order chi connectivity index (χ1) is 8.54. The topological polar surface area (TPSA) is 35.8 Å². The Morgan fingerprint density at radius 2 is 2.17 bits per heavy atom. The van der Waals surface area contributed by atoms with Crippen molar-refractivity contribution in [1.82, 2.24) is 5.32 Å². The summed E-state index contributed by atoms with van der Waals surface area (Å²) in [6.07, 6.45) is 2.36. The van der Waals surface area contributed by atoms with E-state index in [2.05, 4.69) is 49.5 Å². The van der Waals surface area contributed by atoms with Crippen molar-refractivity contribution in [1.29, 1.82) is 5.26 Å². The second-order valence-electron chi connectivity index (χ2n) is 6.06. The smallest absolute Gasteiger partial charge is 0.0666 e. The predicted molar refractivity (Wildman–Crippen MR) is 74.1 cm³/mol. The van der Waals surface area contributed by atoms with Gasteiger partial charge in [0.2, 0.25) is 0 Å². The number of aryl methyl sites for hydroxylation is 1. The molecule has 0 aliphatic heterocycles. The zero-order chi connectivity index (χ0) is 13.2. The van der Waals surface area contributed by atoms with Gasteiger partial charge in [-0.1, -0.05) is 38.1 Å². The third kappa shape index (κ3) is 2.57. The molecule has 1 N–H and O–H groups in total. The molecule has 1 aromatic rings. The van der Waals surface area contributed by atoms with Crippen LogP contribution < -0.4 is 5.32 Å². The lowest BCUT2D eigenvalue weighted by Crippen LogP contribution is -2.39. The highest BCUT2D eigenvalue weighted by Gasteiger charge is 2.35. The fraction of sp³-hybridized carbons (Fsp3) is 0.562. The van der Waals surface area contributed by atoms with Crippen molar-refractivity contribution in [2.75, 3.05) is 6.54 Å². The Hall–Kier alpha value is -1.33. The minimum absolute atomic E-state index is 0.0647. The highest BCUT2D eigenvalue weighted by Crippen LogP contribution is 2.43. The van der Waals surface area contributed by atoms with Gasteiger partial charge in [-0.05, 0) is 36.3 Å². The molecule has 0 heterocycles. The summed E-state index contributed by atoms with van der Waals surface area (Å²) in [5.41, 5.74) is 3.13. The lowest BCUT2D eigenvalue weighted by atomic mass is 9.70. The van der Waals surface area contributed by atoms with E-state index in [1.807, 2.05) is 6.92 Å². The first-order valence-corrected chi connectivity index (χ1v) is 6.75. The molecule has 0 bridgehead atoms. The molecule has 96 valence electrons. The number of rotatable bonds is 3. The largest absolute Gasteiger partial charge is 0.308 e. The molecule has 1 aliphatic rings. The summed E-state index contributed by atoms with van der Waals surface area (Å²) in [7, 11) is 0. The quantitative estimate of drug-likeness (QED) is 0.881. The number of nitriles is 1. The van der Waals surface area contributed by atoms with Gasteiger partial charge in [-0.25, -0.2) is 0 Å². The number of hydrogen-bond acceptors (Lipinski definition) is 2. The van der Waals surface area contributed by atoms with Gasteiger partial charge >= 0.3 is 0 Å². The van der Waals surface area contributed by atoms with Gasteiger partial charge in [0.05, 0.1) is 12.0 Å². The molecular formula is C16H22N2. The lowest BCUT2D eigenvalue weighted by molar-refractivity contribution is 0.206. The van der Waals surface area contributed by atoms with Crippen molar-refractivity contribution in [3.05, 3.63) is 35.4 Å². The molecule has 2 atom stereocenters. The maximum atomic E-state index is 8.90. The normalized spacial score (nSPS) is 22.9. The van der Waals surface area contributed by atoms with Gasteiger partial charge in [-0.15, -0.1) is 0 Å². The van der Waals surface area contributed by atoms with Crippen molar-refractivity contribution < 1.29 is 0 Å². The predicted octanol–water partition coefficient (Wildman–Crippen LogP) is 3.45. The van der Waals surface area contributed by atoms with Crippen molar-refractivity contribution in [3.63, 3.8) is 0 Å². The molecule has 1 aromatic carbocycles. The number of benzene rings is 1. The van der Waals surface area contributed by atoms with E-state index in [0.29, 0.717) is 6.04 Å². The standard InChI is InChI=1S/C16H22N2/c1-12(10-17)11-18-15-14-7-5-4-6-13(14)8-9-16(15,2)3/h4-7,12,15,18H,8-9,11H2,1-3H3. The molecule has 2 nitrogen and oxygen atoms in total. The van der Waals surface area contributed by atoms with Crippen LogP contribution in [0.15, 0.2) is 24.3 Å². The molecule has 0 aromatic heterocycles. The van der Waals surface area contributed by atoms with Gasteiger partial charge in [-0.3, -0.25) is 0 Å². The first-order valence-electron chi connectivity index (χ1n) is 6.75. The number of nitrogens with zero attached hydrogens (tertiary/aromatic N) is 1. The minimum Gasteiger partial charge on any atom is -0.308 e. The molecule has 0 radical (unpaired) electrons. The van der Waals surface area contributed by atoms with Crippen LogP contribution in [0.5, 0.6) is 0 Å². The van der Waals surface area contributed by atoms with Crippen LogP contribution in [0, 0.1) is 22.7 Å². The monoisotopic (exact) mass is 242 g/mol. The van der Waals surface area contributed by atoms with Gasteiger partial charge in [0.1, 0.15) is 0 Å². The van der Waals surface area contributed by atoms with Crippen LogP contribution in [-0.2, 0) is 6.42 Å². The van der Waals surface area contributed by atoms with E-state index in [1.165, 1.54) is 17.5 Å². The van der Waals surface area contributed by atoms with Gasteiger partial charge in [0.25, 0.3) is 0 Å². The molecule has 0 saturated heterocycles. The van der Waals surface area contributed by atoms with E-state index in [4.69, 9.17) is 5.26 Å². The summed E-state index contributed by atoms with van der Waals surface area (Å²) >= 11 is 0. The van der Waals surface area contributed by atoms with Gasteiger partial charge < -0.3 is 5.32 Å². The zero-order valence-electron chi connectivity index (χ0n) is 11.5. The molecule has 0 spiro atoms. The number of hydrogen-bond donors (Lipinski definition) is 1. The SMILES string of the molecule is CC(C#N)CNC1c2ccccc2CCC1(C)C. The first kappa shape index (κ1) is 13.1. The summed E-state index contributed by atoms with van der Waals surface area (Å²) in [4.78, 5) is 0.